The predicted molar refractivity (Wildman–Crippen MR) is 79.4 cm³/mol. The topological polar surface area (TPSA) is 26.3 Å². The second-order valence-corrected chi connectivity index (χ2v) is 5.15. The molecule has 0 spiro atoms. The zero-order chi connectivity index (χ0) is 14.3. The second-order valence-electron chi connectivity index (χ2n) is 5.15. The first-order chi connectivity index (χ1) is 9.15. The molecule has 0 N–H and O–H groups in total. The van der Waals surface area contributed by atoms with Gasteiger partial charge in [0.15, 0.2) is 0 Å². The second kappa shape index (κ2) is 7.98. The van der Waals surface area contributed by atoms with Crippen molar-refractivity contribution in [2.24, 2.45) is 5.92 Å². The van der Waals surface area contributed by atoms with Crippen LogP contribution in [0, 0.1) is 12.8 Å². The summed E-state index contributed by atoms with van der Waals surface area (Å²) in [6, 6.07) is 7.56. The van der Waals surface area contributed by atoms with E-state index in [9.17, 15) is 4.79 Å². The Balaban J connectivity index is 0.000000861. The van der Waals surface area contributed by atoms with E-state index in [1.165, 1.54) is 12.8 Å². The molecule has 19 heavy (non-hydrogen) atoms. The molecule has 1 fully saturated rings. The zero-order valence-electron chi connectivity index (χ0n) is 12.6. The van der Waals surface area contributed by atoms with Crippen LogP contribution in [-0.2, 0) is 4.74 Å². The summed E-state index contributed by atoms with van der Waals surface area (Å²) in [5, 5.41) is 0. The van der Waals surface area contributed by atoms with Gasteiger partial charge < -0.3 is 4.74 Å². The van der Waals surface area contributed by atoms with Gasteiger partial charge in [0.25, 0.3) is 0 Å². The van der Waals surface area contributed by atoms with Crippen molar-refractivity contribution in [3.8, 4) is 0 Å². The highest BCUT2D eigenvalue weighted by Crippen LogP contribution is 2.26. The molecular weight excluding hydrogens is 236 g/mol. The van der Waals surface area contributed by atoms with Crippen LogP contribution in [0.25, 0.3) is 0 Å². The van der Waals surface area contributed by atoms with Crippen molar-refractivity contribution in [1.29, 1.82) is 0 Å². The van der Waals surface area contributed by atoms with Crippen LogP contribution in [-0.4, -0.2) is 12.1 Å². The van der Waals surface area contributed by atoms with Crippen LogP contribution in [0.1, 0.15) is 62.4 Å². The third-order valence-corrected chi connectivity index (χ3v) is 3.52. The average molecular weight is 262 g/mol. The Morgan fingerprint density at radius 3 is 2.11 bits per heavy atom. The van der Waals surface area contributed by atoms with Crippen molar-refractivity contribution in [2.75, 3.05) is 0 Å². The minimum Gasteiger partial charge on any atom is -0.459 e. The van der Waals surface area contributed by atoms with Crippen molar-refractivity contribution < 1.29 is 9.53 Å². The number of hydrogen-bond acceptors (Lipinski definition) is 2. The largest absolute Gasteiger partial charge is 0.459 e. The fourth-order valence-corrected chi connectivity index (χ4v) is 2.26. The Kier molecular flexibility index (Phi) is 6.61. The van der Waals surface area contributed by atoms with Crippen molar-refractivity contribution in [3.05, 3.63) is 35.4 Å². The first-order valence-corrected chi connectivity index (χ1v) is 7.43. The molecule has 0 amide bonds. The smallest absolute Gasteiger partial charge is 0.338 e. The minimum atomic E-state index is -0.176. The summed E-state index contributed by atoms with van der Waals surface area (Å²) in [6.07, 6.45) is 4.50. The fourth-order valence-electron chi connectivity index (χ4n) is 2.26. The lowest BCUT2D eigenvalue weighted by molar-refractivity contribution is 0.0174. The molecule has 1 aromatic carbocycles. The summed E-state index contributed by atoms with van der Waals surface area (Å²) < 4.78 is 5.53. The van der Waals surface area contributed by atoms with Gasteiger partial charge in [0.1, 0.15) is 6.10 Å². The molecule has 0 aliphatic heterocycles. The molecule has 2 rings (SSSR count). The van der Waals surface area contributed by atoms with E-state index in [0.29, 0.717) is 5.56 Å². The van der Waals surface area contributed by atoms with E-state index in [4.69, 9.17) is 4.74 Å². The summed E-state index contributed by atoms with van der Waals surface area (Å²) in [7, 11) is 0. The lowest BCUT2D eigenvalue weighted by atomic mass is 9.89. The van der Waals surface area contributed by atoms with Crippen LogP contribution in [0.5, 0.6) is 0 Å². The van der Waals surface area contributed by atoms with Crippen molar-refractivity contribution in [1.82, 2.24) is 0 Å². The Bertz CT molecular complexity index is 373. The maximum atomic E-state index is 11.9. The van der Waals surface area contributed by atoms with E-state index in [1.807, 2.05) is 45.0 Å². The molecule has 0 heterocycles. The Labute approximate surface area is 117 Å². The van der Waals surface area contributed by atoms with E-state index in [-0.39, 0.29) is 12.1 Å². The number of hydrogen-bond donors (Lipinski definition) is 0. The normalized spacial score (nSPS) is 22.1. The van der Waals surface area contributed by atoms with Gasteiger partial charge in [-0.05, 0) is 50.7 Å². The molecule has 0 bridgehead atoms. The van der Waals surface area contributed by atoms with Crippen molar-refractivity contribution in [3.63, 3.8) is 0 Å². The van der Waals surface area contributed by atoms with E-state index >= 15 is 0 Å². The van der Waals surface area contributed by atoms with Gasteiger partial charge in [-0.15, -0.1) is 0 Å². The zero-order valence-corrected chi connectivity index (χ0v) is 12.6. The van der Waals surface area contributed by atoms with Crippen LogP contribution in [0.4, 0.5) is 0 Å². The van der Waals surface area contributed by atoms with Gasteiger partial charge in [-0.25, -0.2) is 4.79 Å². The third kappa shape index (κ3) is 5.06. The molecule has 1 saturated carbocycles. The van der Waals surface area contributed by atoms with Gasteiger partial charge in [0, 0.05) is 0 Å². The Morgan fingerprint density at radius 2 is 1.58 bits per heavy atom. The van der Waals surface area contributed by atoms with E-state index in [0.717, 1.165) is 24.3 Å². The van der Waals surface area contributed by atoms with Crippen molar-refractivity contribution >= 4 is 5.97 Å². The SMILES string of the molecule is CC.Cc1ccc(C(=O)OC2CCC(C)CC2)cc1. The Morgan fingerprint density at radius 1 is 1.05 bits per heavy atom. The van der Waals surface area contributed by atoms with Gasteiger partial charge >= 0.3 is 5.97 Å². The molecule has 1 aliphatic rings. The van der Waals surface area contributed by atoms with Crippen LogP contribution in [0.3, 0.4) is 0 Å². The molecule has 2 nitrogen and oxygen atoms in total. The first kappa shape index (κ1) is 15.7. The summed E-state index contributed by atoms with van der Waals surface area (Å²) in [5.41, 5.74) is 1.82. The van der Waals surface area contributed by atoms with Crippen LogP contribution in [0.2, 0.25) is 0 Å². The monoisotopic (exact) mass is 262 g/mol. The highest BCUT2D eigenvalue weighted by molar-refractivity contribution is 5.89. The molecule has 106 valence electrons. The molecule has 2 heteroatoms. The molecule has 1 aliphatic carbocycles. The molecule has 0 atom stereocenters. The van der Waals surface area contributed by atoms with Gasteiger partial charge in [0.05, 0.1) is 5.56 Å². The van der Waals surface area contributed by atoms with E-state index < -0.39 is 0 Å². The number of esters is 1. The van der Waals surface area contributed by atoms with Crippen LogP contribution >= 0.6 is 0 Å². The van der Waals surface area contributed by atoms with Crippen molar-refractivity contribution in [2.45, 2.75) is 59.5 Å². The quantitative estimate of drug-likeness (QED) is 0.718. The number of benzene rings is 1. The molecular formula is C17H26O2. The average Bonchev–Trinajstić information content (AvgIpc) is 2.44. The third-order valence-electron chi connectivity index (χ3n) is 3.52. The van der Waals surface area contributed by atoms with Gasteiger partial charge in [0.2, 0.25) is 0 Å². The number of aryl methyl sites for hydroxylation is 1. The molecule has 0 radical (unpaired) electrons. The lowest BCUT2D eigenvalue weighted by Crippen LogP contribution is -2.23. The minimum absolute atomic E-state index is 0.125. The predicted octanol–water partition coefficient (Wildman–Crippen LogP) is 4.76. The maximum Gasteiger partial charge on any atom is 0.338 e. The lowest BCUT2D eigenvalue weighted by Gasteiger charge is -2.25. The molecule has 0 unspecified atom stereocenters. The number of ether oxygens (including phenoxy) is 1. The Hall–Kier alpha value is -1.31. The summed E-state index contributed by atoms with van der Waals surface area (Å²) in [5.74, 6) is 0.605. The summed E-state index contributed by atoms with van der Waals surface area (Å²) in [4.78, 5) is 11.9. The van der Waals surface area contributed by atoms with E-state index in [1.54, 1.807) is 0 Å². The first-order valence-electron chi connectivity index (χ1n) is 7.43. The fraction of sp³-hybridized carbons (Fsp3) is 0.588. The summed E-state index contributed by atoms with van der Waals surface area (Å²) in [6.45, 7) is 8.27. The van der Waals surface area contributed by atoms with Gasteiger partial charge in [-0.1, -0.05) is 38.5 Å². The molecule has 1 aromatic rings. The van der Waals surface area contributed by atoms with E-state index in [2.05, 4.69) is 6.92 Å². The standard InChI is InChI=1S/C15H20O2.C2H6/c1-11-3-7-13(8-4-11)15(16)17-14-9-5-12(2)6-10-14;1-2/h3-4,7-8,12,14H,5-6,9-10H2,1-2H3;1-2H3. The highest BCUT2D eigenvalue weighted by atomic mass is 16.5. The number of carbonyl (C=O) groups is 1. The number of rotatable bonds is 2. The maximum absolute atomic E-state index is 11.9. The molecule has 0 saturated heterocycles. The molecule has 0 aromatic heterocycles. The van der Waals surface area contributed by atoms with Crippen LogP contribution < -0.4 is 0 Å². The highest BCUT2D eigenvalue weighted by Gasteiger charge is 2.21. The van der Waals surface area contributed by atoms with Gasteiger partial charge in [-0.3, -0.25) is 0 Å². The number of carbonyl (C=O) groups excluding carboxylic acids is 1. The van der Waals surface area contributed by atoms with Crippen LogP contribution in [0.15, 0.2) is 24.3 Å². The summed E-state index contributed by atoms with van der Waals surface area (Å²) >= 11 is 0. The van der Waals surface area contributed by atoms with Gasteiger partial charge in [-0.2, -0.15) is 0 Å².